The molecular formula is C47H42N3S+. The summed E-state index contributed by atoms with van der Waals surface area (Å²) in [4.78, 5) is 0. The zero-order chi connectivity index (χ0) is 34.9. The first-order valence-electron chi connectivity index (χ1n) is 18.5. The molecule has 10 aromatic rings. The third-order valence-electron chi connectivity index (χ3n) is 11.5. The summed E-state index contributed by atoms with van der Waals surface area (Å²) in [7, 11) is 0. The van der Waals surface area contributed by atoms with Crippen molar-refractivity contribution in [2.24, 2.45) is 0 Å². The Kier molecular flexibility index (Phi) is 6.55. The highest BCUT2D eigenvalue weighted by atomic mass is 32.1. The highest BCUT2D eigenvalue weighted by Gasteiger charge is 2.29. The second-order valence-electron chi connectivity index (χ2n) is 15.5. The number of pyridine rings is 1. The molecule has 1 N–H and O–H groups in total. The molecule has 51 heavy (non-hydrogen) atoms. The first-order chi connectivity index (χ1) is 24.7. The summed E-state index contributed by atoms with van der Waals surface area (Å²) in [5, 5.41) is 13.1. The minimum Gasteiger partial charge on any atom is -0.133 e. The monoisotopic (exact) mass is 680 g/mol. The number of H-pyrrole nitrogens is 1. The van der Waals surface area contributed by atoms with E-state index in [4.69, 9.17) is 0 Å². The van der Waals surface area contributed by atoms with E-state index in [1.807, 2.05) is 11.3 Å². The average molecular weight is 681 g/mol. The summed E-state index contributed by atoms with van der Waals surface area (Å²) in [6.07, 6.45) is 2.25. The third-order valence-corrected chi connectivity index (χ3v) is 12.6. The van der Waals surface area contributed by atoms with Gasteiger partial charge in [-0.15, -0.1) is 20.4 Å². The van der Waals surface area contributed by atoms with Crippen LogP contribution < -0.4 is 4.52 Å². The Bertz CT molecular complexity index is 2990. The lowest BCUT2D eigenvalue weighted by Gasteiger charge is -2.20. The number of nitrogens with one attached hydrogen (secondary N) is 1. The van der Waals surface area contributed by atoms with Gasteiger partial charge in [-0.05, 0) is 104 Å². The quantitative estimate of drug-likeness (QED) is 0.138. The highest BCUT2D eigenvalue weighted by Crippen LogP contribution is 2.49. The number of hydrogen-bond donors (Lipinski definition) is 1. The van der Waals surface area contributed by atoms with Crippen molar-refractivity contribution in [2.45, 2.75) is 66.2 Å². The van der Waals surface area contributed by atoms with E-state index in [1.165, 1.54) is 108 Å². The molecule has 0 fully saturated rings. The Balaban J connectivity index is 1.40. The number of rotatable bonds is 5. The van der Waals surface area contributed by atoms with Gasteiger partial charge < -0.3 is 0 Å². The molecule has 6 aromatic carbocycles. The van der Waals surface area contributed by atoms with Crippen LogP contribution in [0.25, 0.3) is 85.9 Å². The topological polar surface area (TPSA) is 24.3 Å². The summed E-state index contributed by atoms with van der Waals surface area (Å²) in [6.45, 7) is 16.2. The SMILES string of the molecule is Cc1cccc(C(C)C)c1-c1cc[n+]2[nH]n3c4ccc(-c5c(C(C)C)cccc5C(C)C)cc4c4c5ccccc5c5ccc6sc1c2c6c5c43. The zero-order valence-corrected chi connectivity index (χ0v) is 31.2. The molecular weight excluding hydrogens is 639 g/mol. The molecule has 0 aliphatic heterocycles. The molecule has 0 atom stereocenters. The van der Waals surface area contributed by atoms with Crippen LogP contribution in [0.3, 0.4) is 0 Å². The predicted molar refractivity (Wildman–Crippen MR) is 219 cm³/mol. The minimum atomic E-state index is 0.427. The van der Waals surface area contributed by atoms with Crippen LogP contribution in [0.2, 0.25) is 0 Å². The normalized spacial score (nSPS) is 12.7. The van der Waals surface area contributed by atoms with Crippen LogP contribution in [0.15, 0.2) is 103 Å². The van der Waals surface area contributed by atoms with Gasteiger partial charge in [-0.3, -0.25) is 0 Å². The lowest BCUT2D eigenvalue weighted by molar-refractivity contribution is -0.585. The van der Waals surface area contributed by atoms with Crippen LogP contribution in [0.4, 0.5) is 0 Å². The maximum absolute atomic E-state index is 3.95. The van der Waals surface area contributed by atoms with Crippen molar-refractivity contribution in [3.05, 3.63) is 126 Å². The molecule has 0 saturated carbocycles. The molecule has 10 rings (SSSR count). The molecule has 0 unspecified atom stereocenters. The van der Waals surface area contributed by atoms with Gasteiger partial charge in [0.1, 0.15) is 6.20 Å². The number of fused-ring (bicyclic) bond motifs is 6. The highest BCUT2D eigenvalue weighted by molar-refractivity contribution is 7.26. The maximum atomic E-state index is 3.95. The number of thiophene rings is 1. The lowest BCUT2D eigenvalue weighted by atomic mass is 9.84. The van der Waals surface area contributed by atoms with E-state index in [1.54, 1.807) is 0 Å². The van der Waals surface area contributed by atoms with E-state index in [-0.39, 0.29) is 0 Å². The Hall–Kier alpha value is -5.19. The van der Waals surface area contributed by atoms with Crippen LogP contribution >= 0.6 is 11.3 Å². The smallest absolute Gasteiger partial charge is 0.133 e. The van der Waals surface area contributed by atoms with Crippen LogP contribution in [0, 0.1) is 6.92 Å². The third kappa shape index (κ3) is 4.14. The van der Waals surface area contributed by atoms with E-state index in [2.05, 4.69) is 166 Å². The minimum absolute atomic E-state index is 0.427. The number of aryl methyl sites for hydroxylation is 1. The molecule has 4 heterocycles. The largest absolute Gasteiger partial charge is 0.180 e. The van der Waals surface area contributed by atoms with E-state index >= 15 is 0 Å². The summed E-state index contributed by atoms with van der Waals surface area (Å²) in [5.41, 5.74) is 14.6. The first kappa shape index (κ1) is 30.6. The Morgan fingerprint density at radius 2 is 1.27 bits per heavy atom. The van der Waals surface area contributed by atoms with Gasteiger partial charge in [-0.1, -0.05) is 120 Å². The molecule has 4 heteroatoms. The standard InChI is InChI=1S/C47H42N3S/c1-25(2)30-15-10-12-28(7)40(30)36-22-23-49-46-44-39(51-47(36)46)21-19-35-33-13-8-9-14-34(33)42-37-24-29(18-20-38(37)50(48-49)45(42)43(35)44)41-31(26(3)4)16-11-17-32(41)27(5)6/h8-27,48H,1-7H3/q+1. The number of nitrogens with zero attached hydrogens (tertiary/aromatic N) is 2. The molecule has 0 bridgehead atoms. The number of benzene rings is 6. The fourth-order valence-electron chi connectivity index (χ4n) is 9.17. The van der Waals surface area contributed by atoms with Crippen LogP contribution in [-0.4, -0.2) is 9.73 Å². The van der Waals surface area contributed by atoms with E-state index in [0.29, 0.717) is 17.8 Å². The van der Waals surface area contributed by atoms with Gasteiger partial charge in [-0.25, -0.2) is 0 Å². The molecule has 0 amide bonds. The van der Waals surface area contributed by atoms with Gasteiger partial charge in [0.05, 0.1) is 10.1 Å². The van der Waals surface area contributed by atoms with E-state index in [0.717, 1.165) is 0 Å². The summed E-state index contributed by atoms with van der Waals surface area (Å²) in [5.74, 6) is 1.28. The molecule has 0 aliphatic carbocycles. The predicted octanol–water partition coefficient (Wildman–Crippen LogP) is 13.3. The average Bonchev–Trinajstić information content (AvgIpc) is 3.63. The van der Waals surface area contributed by atoms with Crippen molar-refractivity contribution in [3.8, 4) is 22.3 Å². The van der Waals surface area contributed by atoms with Gasteiger partial charge in [0.15, 0.2) is 16.6 Å². The van der Waals surface area contributed by atoms with Crippen LogP contribution in [-0.2, 0) is 0 Å². The fourth-order valence-corrected chi connectivity index (χ4v) is 10.4. The Labute approximate surface area is 302 Å². The van der Waals surface area contributed by atoms with Gasteiger partial charge in [0.25, 0.3) is 0 Å². The first-order valence-corrected chi connectivity index (χ1v) is 19.3. The van der Waals surface area contributed by atoms with E-state index in [9.17, 15) is 0 Å². The molecule has 0 spiro atoms. The van der Waals surface area contributed by atoms with Gasteiger partial charge in [0, 0.05) is 26.4 Å². The van der Waals surface area contributed by atoms with Crippen LogP contribution in [0.5, 0.6) is 0 Å². The number of aromatic amines is 1. The zero-order valence-electron chi connectivity index (χ0n) is 30.3. The van der Waals surface area contributed by atoms with Crippen molar-refractivity contribution in [3.63, 3.8) is 0 Å². The Morgan fingerprint density at radius 1 is 0.608 bits per heavy atom. The van der Waals surface area contributed by atoms with Gasteiger partial charge in [0.2, 0.25) is 0 Å². The molecule has 0 saturated heterocycles. The number of hydrogen-bond acceptors (Lipinski definition) is 1. The lowest BCUT2D eigenvalue weighted by Crippen LogP contribution is -2.26. The molecule has 0 radical (unpaired) electrons. The van der Waals surface area contributed by atoms with Crippen LogP contribution in [0.1, 0.15) is 81.5 Å². The molecule has 250 valence electrons. The molecule has 4 aromatic heterocycles. The Morgan fingerprint density at radius 3 is 2.00 bits per heavy atom. The van der Waals surface area contributed by atoms with Crippen molar-refractivity contribution < 1.29 is 4.52 Å². The molecule has 0 aliphatic rings. The van der Waals surface area contributed by atoms with E-state index < -0.39 is 0 Å². The van der Waals surface area contributed by atoms with Gasteiger partial charge >= 0.3 is 0 Å². The van der Waals surface area contributed by atoms with Crippen molar-refractivity contribution in [1.29, 1.82) is 0 Å². The summed E-state index contributed by atoms with van der Waals surface area (Å²) >= 11 is 1.93. The number of aromatic nitrogens is 3. The maximum Gasteiger partial charge on any atom is 0.180 e. The second kappa shape index (κ2) is 10.9. The second-order valence-corrected chi connectivity index (χ2v) is 16.5. The van der Waals surface area contributed by atoms with Crippen molar-refractivity contribution in [2.75, 3.05) is 0 Å². The summed E-state index contributed by atoms with van der Waals surface area (Å²) < 4.78 is 7.31. The fraction of sp³-hybridized carbons (Fsp3) is 0.213. The summed E-state index contributed by atoms with van der Waals surface area (Å²) in [6, 6.07) is 37.0. The van der Waals surface area contributed by atoms with Crippen molar-refractivity contribution >= 4 is 75.0 Å². The van der Waals surface area contributed by atoms with Crippen molar-refractivity contribution in [1.82, 2.24) is 9.73 Å². The van der Waals surface area contributed by atoms with Gasteiger partial charge in [-0.2, -0.15) is 0 Å². The molecule has 3 nitrogen and oxygen atoms in total.